The molecule has 0 aliphatic carbocycles. The summed E-state index contributed by atoms with van der Waals surface area (Å²) in [6, 6.07) is 17.0. The Labute approximate surface area is 130 Å². The van der Waals surface area contributed by atoms with Crippen molar-refractivity contribution in [3.63, 3.8) is 0 Å². The van der Waals surface area contributed by atoms with Crippen molar-refractivity contribution in [2.24, 2.45) is 0 Å². The van der Waals surface area contributed by atoms with Crippen molar-refractivity contribution in [2.45, 2.75) is 6.92 Å². The van der Waals surface area contributed by atoms with E-state index in [9.17, 15) is 4.39 Å². The third-order valence-electron chi connectivity index (χ3n) is 2.85. The Morgan fingerprint density at radius 3 is 2.45 bits per heavy atom. The zero-order chi connectivity index (χ0) is 13.2. The first-order valence-corrected chi connectivity index (χ1v) is 5.91. The van der Waals surface area contributed by atoms with Crippen LogP contribution in [0.3, 0.4) is 0 Å². The zero-order valence-corrected chi connectivity index (χ0v) is 12.9. The molecular formula is C15H11FN3Pt-. The van der Waals surface area contributed by atoms with Crippen LogP contribution in [0.2, 0.25) is 0 Å². The molecule has 1 aromatic heterocycles. The molecule has 2 aromatic carbocycles. The number of aryl methyl sites for hydroxylation is 1. The van der Waals surface area contributed by atoms with Crippen molar-refractivity contribution >= 4 is 0 Å². The summed E-state index contributed by atoms with van der Waals surface area (Å²) in [6.07, 6.45) is 0. The quantitative estimate of drug-likeness (QED) is 0.566. The number of hydrogen-bond acceptors (Lipinski definition) is 2. The first-order chi connectivity index (χ1) is 9.25. The number of hydrogen-bond donors (Lipinski definition) is 0. The zero-order valence-electron chi connectivity index (χ0n) is 10.7. The third kappa shape index (κ3) is 2.70. The SMILES string of the molecule is Cc1nnc(-c2[c-]cc(F)cc2)n1-c1ccccc1.[Pt]. The van der Waals surface area contributed by atoms with Crippen LogP contribution < -0.4 is 0 Å². The molecule has 0 fully saturated rings. The van der Waals surface area contributed by atoms with Gasteiger partial charge in [-0.1, -0.05) is 18.2 Å². The molecule has 0 amide bonds. The van der Waals surface area contributed by atoms with Crippen molar-refractivity contribution in [1.29, 1.82) is 0 Å². The van der Waals surface area contributed by atoms with Gasteiger partial charge in [-0.05, 0) is 19.1 Å². The van der Waals surface area contributed by atoms with Gasteiger partial charge in [0.15, 0.2) is 0 Å². The molecule has 0 spiro atoms. The van der Waals surface area contributed by atoms with E-state index in [2.05, 4.69) is 16.3 Å². The molecule has 0 radical (unpaired) electrons. The van der Waals surface area contributed by atoms with Gasteiger partial charge in [0.2, 0.25) is 0 Å². The van der Waals surface area contributed by atoms with Gasteiger partial charge in [0.05, 0.1) is 5.82 Å². The average Bonchev–Trinajstić information content (AvgIpc) is 2.82. The number of para-hydroxylation sites is 1. The molecule has 20 heavy (non-hydrogen) atoms. The minimum Gasteiger partial charge on any atom is -0.320 e. The van der Waals surface area contributed by atoms with Crippen LogP contribution in [0.1, 0.15) is 5.82 Å². The summed E-state index contributed by atoms with van der Waals surface area (Å²) in [5, 5.41) is 8.24. The second-order valence-corrected chi connectivity index (χ2v) is 4.16. The summed E-state index contributed by atoms with van der Waals surface area (Å²) in [6.45, 7) is 1.88. The third-order valence-corrected chi connectivity index (χ3v) is 2.85. The van der Waals surface area contributed by atoms with E-state index in [0.717, 1.165) is 11.5 Å². The maximum Gasteiger partial charge on any atom is 0.125 e. The van der Waals surface area contributed by atoms with Gasteiger partial charge in [-0.2, -0.15) is 5.10 Å². The van der Waals surface area contributed by atoms with Gasteiger partial charge in [-0.15, -0.1) is 34.9 Å². The van der Waals surface area contributed by atoms with Gasteiger partial charge in [-0.25, -0.2) is 0 Å². The van der Waals surface area contributed by atoms with Crippen molar-refractivity contribution in [1.82, 2.24) is 14.8 Å². The number of benzene rings is 2. The van der Waals surface area contributed by atoms with Crippen LogP contribution in [0.4, 0.5) is 4.39 Å². The molecule has 0 saturated heterocycles. The molecule has 0 aliphatic rings. The number of nitrogens with zero attached hydrogens (tertiary/aromatic N) is 3. The fraction of sp³-hybridized carbons (Fsp3) is 0.0667. The second kappa shape index (κ2) is 6.10. The summed E-state index contributed by atoms with van der Waals surface area (Å²) >= 11 is 0. The predicted octanol–water partition coefficient (Wildman–Crippen LogP) is 3.18. The van der Waals surface area contributed by atoms with E-state index < -0.39 is 0 Å². The van der Waals surface area contributed by atoms with Gasteiger partial charge >= 0.3 is 0 Å². The molecule has 3 rings (SSSR count). The van der Waals surface area contributed by atoms with Crippen LogP contribution in [0.25, 0.3) is 17.1 Å². The van der Waals surface area contributed by atoms with Crippen LogP contribution in [-0.2, 0) is 21.1 Å². The first kappa shape index (κ1) is 14.6. The standard InChI is InChI=1S/C15H11FN3.Pt/c1-11-17-18-15(12-7-9-13(16)10-8-12)19(11)14-5-3-2-4-6-14;/h2-7,9-10H,1H3;/q-1;. The van der Waals surface area contributed by atoms with E-state index >= 15 is 0 Å². The van der Waals surface area contributed by atoms with E-state index in [1.807, 2.05) is 41.8 Å². The molecule has 1 heterocycles. The van der Waals surface area contributed by atoms with Crippen LogP contribution in [-0.4, -0.2) is 14.8 Å². The van der Waals surface area contributed by atoms with E-state index in [4.69, 9.17) is 0 Å². The summed E-state index contributed by atoms with van der Waals surface area (Å²) in [4.78, 5) is 0. The van der Waals surface area contributed by atoms with Crippen LogP contribution in [0.15, 0.2) is 48.5 Å². The number of rotatable bonds is 2. The number of halogens is 1. The Morgan fingerprint density at radius 2 is 1.80 bits per heavy atom. The average molecular weight is 447 g/mol. The second-order valence-electron chi connectivity index (χ2n) is 4.16. The topological polar surface area (TPSA) is 30.7 Å². The summed E-state index contributed by atoms with van der Waals surface area (Å²) < 4.78 is 14.9. The summed E-state index contributed by atoms with van der Waals surface area (Å²) in [7, 11) is 0. The van der Waals surface area contributed by atoms with Gasteiger partial charge in [0.25, 0.3) is 0 Å². The fourth-order valence-electron chi connectivity index (χ4n) is 1.97. The summed E-state index contributed by atoms with van der Waals surface area (Å²) in [5.41, 5.74) is 1.68. The van der Waals surface area contributed by atoms with Crippen LogP contribution in [0.5, 0.6) is 0 Å². The van der Waals surface area contributed by atoms with Crippen molar-refractivity contribution in [2.75, 3.05) is 0 Å². The van der Waals surface area contributed by atoms with Crippen LogP contribution in [0, 0.1) is 18.8 Å². The molecule has 0 atom stereocenters. The van der Waals surface area contributed by atoms with Gasteiger partial charge in [0, 0.05) is 32.6 Å². The van der Waals surface area contributed by atoms with E-state index in [-0.39, 0.29) is 26.9 Å². The molecule has 3 aromatic rings. The molecule has 0 aliphatic heterocycles. The monoisotopic (exact) mass is 447 g/mol. The largest absolute Gasteiger partial charge is 0.320 e. The minimum atomic E-state index is -0.314. The Bertz CT molecular complexity index is 693. The maximum absolute atomic E-state index is 13.0. The Hall–Kier alpha value is -1.80. The van der Waals surface area contributed by atoms with Gasteiger partial charge < -0.3 is 4.57 Å². The molecule has 0 unspecified atom stereocenters. The van der Waals surface area contributed by atoms with Crippen molar-refractivity contribution in [3.8, 4) is 17.1 Å². The smallest absolute Gasteiger partial charge is 0.125 e. The number of aromatic nitrogens is 3. The molecule has 3 nitrogen and oxygen atoms in total. The molecule has 0 bridgehead atoms. The molecule has 104 valence electrons. The van der Waals surface area contributed by atoms with E-state index in [1.54, 1.807) is 6.07 Å². The van der Waals surface area contributed by atoms with E-state index in [0.29, 0.717) is 11.4 Å². The van der Waals surface area contributed by atoms with Crippen LogP contribution >= 0.6 is 0 Å². The normalized spacial score (nSPS) is 10.1. The van der Waals surface area contributed by atoms with Gasteiger partial charge in [0.1, 0.15) is 5.82 Å². The van der Waals surface area contributed by atoms with Crippen molar-refractivity contribution in [3.05, 3.63) is 66.2 Å². The molecule has 0 saturated carbocycles. The predicted molar refractivity (Wildman–Crippen MR) is 70.3 cm³/mol. The Kier molecular flexibility index (Phi) is 4.45. The minimum absolute atomic E-state index is 0. The maximum atomic E-state index is 13.0. The fourth-order valence-corrected chi connectivity index (χ4v) is 1.97. The van der Waals surface area contributed by atoms with E-state index in [1.165, 1.54) is 12.1 Å². The Morgan fingerprint density at radius 1 is 1.05 bits per heavy atom. The Balaban J connectivity index is 0.00000147. The first-order valence-electron chi connectivity index (χ1n) is 5.91. The molecule has 0 N–H and O–H groups in total. The van der Waals surface area contributed by atoms with Gasteiger partial charge in [-0.3, -0.25) is 4.39 Å². The summed E-state index contributed by atoms with van der Waals surface area (Å²) in [5.74, 6) is 1.12. The molecular weight excluding hydrogens is 436 g/mol. The molecule has 5 heteroatoms. The van der Waals surface area contributed by atoms with Crippen molar-refractivity contribution < 1.29 is 25.5 Å².